The molecule has 8 heteroatoms. The number of anilines is 1. The lowest BCUT2D eigenvalue weighted by Gasteiger charge is -2.28. The molecule has 0 aliphatic rings. The molecule has 0 heterocycles. The van der Waals surface area contributed by atoms with Crippen molar-refractivity contribution in [1.82, 2.24) is 5.32 Å². The van der Waals surface area contributed by atoms with E-state index in [1.165, 1.54) is 31.2 Å². The Kier molecular flexibility index (Phi) is 6.90. The minimum Gasteiger partial charge on any atom is -0.354 e. The van der Waals surface area contributed by atoms with E-state index in [1.807, 2.05) is 0 Å². The first-order chi connectivity index (χ1) is 12.7. The van der Waals surface area contributed by atoms with E-state index < -0.39 is 27.8 Å². The maximum absolute atomic E-state index is 13.1. The van der Waals surface area contributed by atoms with Gasteiger partial charge in [-0.05, 0) is 61.7 Å². The lowest BCUT2D eigenvalue weighted by Crippen LogP contribution is -2.48. The number of sulfonamides is 1. The number of aryl methyl sites for hydroxylation is 1. The van der Waals surface area contributed by atoms with Crippen molar-refractivity contribution in [1.29, 1.82) is 0 Å². The molecule has 1 atom stereocenters. The van der Waals surface area contributed by atoms with Gasteiger partial charge in [0.1, 0.15) is 17.7 Å². The van der Waals surface area contributed by atoms with E-state index in [0.717, 1.165) is 28.3 Å². The summed E-state index contributed by atoms with van der Waals surface area (Å²) in [6.07, 6.45) is 2.27. The molecule has 0 fully saturated rings. The number of rotatable bonds is 8. The first-order valence-corrected chi connectivity index (χ1v) is 10.3. The molecular weight excluding hydrogens is 374 g/mol. The van der Waals surface area contributed by atoms with Crippen molar-refractivity contribution >= 4 is 21.6 Å². The predicted octanol–water partition coefficient (Wildman–Crippen LogP) is 2.87. The lowest BCUT2D eigenvalue weighted by molar-refractivity contribution is -0.121. The van der Waals surface area contributed by atoms with Crippen molar-refractivity contribution in [2.24, 2.45) is 0 Å². The van der Waals surface area contributed by atoms with Crippen molar-refractivity contribution in [3.63, 3.8) is 0 Å². The first kappa shape index (κ1) is 20.8. The van der Waals surface area contributed by atoms with Crippen molar-refractivity contribution in [3.05, 3.63) is 65.7 Å². The normalized spacial score (nSPS) is 12.4. The molecule has 1 unspecified atom stereocenters. The molecule has 2 aromatic carbocycles. The second-order valence-electron chi connectivity index (χ2n) is 6.23. The molecule has 1 N–H and O–H groups in total. The Morgan fingerprint density at radius 2 is 1.56 bits per heavy atom. The maximum atomic E-state index is 13.1. The molecular formula is C19H22F2N2O3S. The third-order valence-corrected chi connectivity index (χ3v) is 5.27. The van der Waals surface area contributed by atoms with Crippen LogP contribution in [0.15, 0.2) is 48.5 Å². The second kappa shape index (κ2) is 8.94. The van der Waals surface area contributed by atoms with Gasteiger partial charge in [0, 0.05) is 6.54 Å². The van der Waals surface area contributed by atoms with E-state index in [1.54, 1.807) is 12.1 Å². The molecule has 27 heavy (non-hydrogen) atoms. The van der Waals surface area contributed by atoms with Gasteiger partial charge in [0.05, 0.1) is 11.9 Å². The molecule has 0 spiro atoms. The highest BCUT2D eigenvalue weighted by Gasteiger charge is 2.28. The standard InChI is InChI=1S/C19H22F2N2O3S/c1-14(23(27(2,25)26)18-11-9-17(21)10-12-18)19(24)22-13-3-4-15-5-7-16(20)8-6-15/h5-12,14H,3-4,13H2,1-2H3,(H,22,24). The molecule has 5 nitrogen and oxygen atoms in total. The number of nitrogens with one attached hydrogen (secondary N) is 1. The predicted molar refractivity (Wildman–Crippen MR) is 101 cm³/mol. The van der Waals surface area contributed by atoms with Gasteiger partial charge in [0.2, 0.25) is 15.9 Å². The number of nitrogens with zero attached hydrogens (tertiary/aromatic N) is 1. The number of benzene rings is 2. The molecule has 1 amide bonds. The fourth-order valence-electron chi connectivity index (χ4n) is 2.70. The largest absolute Gasteiger partial charge is 0.354 e. The van der Waals surface area contributed by atoms with Gasteiger partial charge in [-0.2, -0.15) is 0 Å². The summed E-state index contributed by atoms with van der Waals surface area (Å²) >= 11 is 0. The number of carbonyl (C=O) groups is 1. The monoisotopic (exact) mass is 396 g/mol. The summed E-state index contributed by atoms with van der Waals surface area (Å²) in [6, 6.07) is 10.0. The highest BCUT2D eigenvalue weighted by molar-refractivity contribution is 7.92. The van der Waals surface area contributed by atoms with Crippen LogP contribution in [-0.4, -0.2) is 33.2 Å². The van der Waals surface area contributed by atoms with Gasteiger partial charge in [0.15, 0.2) is 0 Å². The van der Waals surface area contributed by atoms with Gasteiger partial charge < -0.3 is 5.32 Å². The zero-order valence-electron chi connectivity index (χ0n) is 15.2. The van der Waals surface area contributed by atoms with Crippen LogP contribution in [-0.2, 0) is 21.2 Å². The zero-order valence-corrected chi connectivity index (χ0v) is 16.0. The van der Waals surface area contributed by atoms with E-state index >= 15 is 0 Å². The molecule has 2 rings (SSSR count). The van der Waals surface area contributed by atoms with Crippen LogP contribution in [0.2, 0.25) is 0 Å². The average Bonchev–Trinajstić information content (AvgIpc) is 2.60. The average molecular weight is 396 g/mol. The van der Waals surface area contributed by atoms with E-state index in [0.29, 0.717) is 19.4 Å². The smallest absolute Gasteiger partial charge is 0.243 e. The van der Waals surface area contributed by atoms with Crippen LogP contribution < -0.4 is 9.62 Å². The number of hydrogen-bond acceptors (Lipinski definition) is 3. The topological polar surface area (TPSA) is 66.5 Å². The summed E-state index contributed by atoms with van der Waals surface area (Å²) < 4.78 is 51.2. The van der Waals surface area contributed by atoms with Gasteiger partial charge in [-0.25, -0.2) is 17.2 Å². The molecule has 146 valence electrons. The van der Waals surface area contributed by atoms with E-state index in [2.05, 4.69) is 5.32 Å². The van der Waals surface area contributed by atoms with Crippen LogP contribution in [0.1, 0.15) is 18.9 Å². The Balaban J connectivity index is 1.96. The minimum absolute atomic E-state index is 0.216. The second-order valence-corrected chi connectivity index (χ2v) is 8.09. The van der Waals surface area contributed by atoms with Gasteiger partial charge in [0.25, 0.3) is 0 Å². The van der Waals surface area contributed by atoms with Crippen LogP contribution >= 0.6 is 0 Å². The van der Waals surface area contributed by atoms with Gasteiger partial charge in [-0.1, -0.05) is 12.1 Å². The summed E-state index contributed by atoms with van der Waals surface area (Å²) in [7, 11) is -3.74. The fourth-order valence-corrected chi connectivity index (χ4v) is 3.87. The van der Waals surface area contributed by atoms with E-state index in [9.17, 15) is 22.0 Å². The molecule has 0 radical (unpaired) electrons. The SMILES string of the molecule is CC(C(=O)NCCCc1ccc(F)cc1)N(c1ccc(F)cc1)S(C)(=O)=O. The lowest BCUT2D eigenvalue weighted by atomic mass is 10.1. The number of hydrogen-bond donors (Lipinski definition) is 1. The number of amides is 1. The fraction of sp³-hybridized carbons (Fsp3) is 0.316. The van der Waals surface area contributed by atoms with Crippen LogP contribution in [0, 0.1) is 11.6 Å². The molecule has 0 aliphatic heterocycles. The number of halogens is 2. The Morgan fingerprint density at radius 1 is 1.04 bits per heavy atom. The zero-order chi connectivity index (χ0) is 20.0. The molecule has 0 aliphatic carbocycles. The summed E-state index contributed by atoms with van der Waals surface area (Å²) in [5.74, 6) is -1.25. The van der Waals surface area contributed by atoms with E-state index in [-0.39, 0.29) is 11.5 Å². The highest BCUT2D eigenvalue weighted by atomic mass is 32.2. The molecule has 2 aromatic rings. The summed E-state index contributed by atoms with van der Waals surface area (Å²) in [5.41, 5.74) is 1.16. The maximum Gasteiger partial charge on any atom is 0.243 e. The Labute approximate surface area is 158 Å². The molecule has 0 saturated heterocycles. The molecule has 0 bridgehead atoms. The number of carbonyl (C=O) groups excluding carboxylic acids is 1. The first-order valence-electron chi connectivity index (χ1n) is 8.45. The van der Waals surface area contributed by atoms with Crippen LogP contribution in [0.4, 0.5) is 14.5 Å². The van der Waals surface area contributed by atoms with Gasteiger partial charge >= 0.3 is 0 Å². The summed E-state index contributed by atoms with van der Waals surface area (Å²) in [5, 5.41) is 2.70. The third-order valence-electron chi connectivity index (χ3n) is 4.02. The van der Waals surface area contributed by atoms with Crippen LogP contribution in [0.25, 0.3) is 0 Å². The van der Waals surface area contributed by atoms with Gasteiger partial charge in [-0.3, -0.25) is 9.10 Å². The quantitative estimate of drug-likeness (QED) is 0.698. The van der Waals surface area contributed by atoms with E-state index in [4.69, 9.17) is 0 Å². The van der Waals surface area contributed by atoms with Crippen molar-refractivity contribution in [3.8, 4) is 0 Å². The summed E-state index contributed by atoms with van der Waals surface area (Å²) in [4.78, 5) is 12.4. The van der Waals surface area contributed by atoms with Crippen molar-refractivity contribution < 1.29 is 22.0 Å². The van der Waals surface area contributed by atoms with Crippen LogP contribution in [0.3, 0.4) is 0 Å². The van der Waals surface area contributed by atoms with Crippen molar-refractivity contribution in [2.75, 3.05) is 17.1 Å². The van der Waals surface area contributed by atoms with Crippen molar-refractivity contribution in [2.45, 2.75) is 25.8 Å². The third kappa shape index (κ3) is 6.02. The minimum atomic E-state index is -3.74. The highest BCUT2D eigenvalue weighted by Crippen LogP contribution is 2.21. The van der Waals surface area contributed by atoms with Crippen LogP contribution in [0.5, 0.6) is 0 Å². The Morgan fingerprint density at radius 3 is 2.07 bits per heavy atom. The Hall–Kier alpha value is -2.48. The molecule has 0 saturated carbocycles. The molecule has 0 aromatic heterocycles. The Bertz CT molecular complexity index is 869. The summed E-state index contributed by atoms with van der Waals surface area (Å²) in [6.45, 7) is 1.82. The van der Waals surface area contributed by atoms with Gasteiger partial charge in [-0.15, -0.1) is 0 Å².